The topological polar surface area (TPSA) is 562 Å². The Morgan fingerprint density at radius 2 is 0.220 bits per heavy atom. The quantitative estimate of drug-likeness (QED) is 0.124. The Morgan fingerprint density at radius 3 is 0.220 bits per heavy atom. The summed E-state index contributed by atoms with van der Waals surface area (Å²) in [6, 6.07) is 0. The monoisotopic (exact) mass is 915 g/mol. The molecule has 234 valence electrons. The number of rotatable bonds is 0. The molecule has 0 amide bonds. The molecule has 41 heteroatoms. The minimum atomic E-state index is -5.17. The van der Waals surface area contributed by atoms with Gasteiger partial charge in [-0.15, -0.1) is 0 Å². The molecule has 0 aromatic carbocycles. The Morgan fingerprint density at radius 1 is 0.220 bits per heavy atom. The summed E-state index contributed by atoms with van der Waals surface area (Å²) >= 11 is 0. The molecule has 0 saturated heterocycles. The molecule has 41 heavy (non-hydrogen) atoms. The smallest absolute Gasteiger partial charge is 0.759 e. The molecule has 28 nitrogen and oxygen atoms in total. The van der Waals surface area contributed by atoms with Crippen molar-refractivity contribution in [3.8, 4) is 0 Å². The second-order valence-electron chi connectivity index (χ2n) is 2.86. The predicted octanol–water partition coefficient (Wildman–Crippen LogP) is -10.9. The summed E-state index contributed by atoms with van der Waals surface area (Å²) in [5.74, 6) is 0. The standard InChI is InChI=1S/2Al.2Ca.2Mn.7H2O4S/c;;;;;;7*1-5(2,3)4/h;;;;;;7*(H2,1,2,3,4)/q2*+3;4*+2;;;;;;;/p-14. The average Bonchev–Trinajstić information content (AvgIpc) is 2.06. The fraction of sp³-hybridized carbons (Fsp3) is 0. The van der Waals surface area contributed by atoms with Crippen LogP contribution < -0.4 is 0 Å². The van der Waals surface area contributed by atoms with Gasteiger partial charge in [0.1, 0.15) is 0 Å². The van der Waals surface area contributed by atoms with Crippen LogP contribution in [0.15, 0.2) is 0 Å². The molecule has 0 rings (SSSR count). The second kappa shape index (κ2) is 38.2. The van der Waals surface area contributed by atoms with Crippen LogP contribution in [-0.4, -0.2) is 233 Å². The zero-order valence-electron chi connectivity index (χ0n) is 17.6. The zero-order chi connectivity index (χ0) is 31.5. The van der Waals surface area contributed by atoms with Crippen molar-refractivity contribution in [2.24, 2.45) is 0 Å². The third kappa shape index (κ3) is 5520. The van der Waals surface area contributed by atoms with E-state index in [2.05, 4.69) is 0 Å². The minimum absolute atomic E-state index is 0. The summed E-state index contributed by atoms with van der Waals surface area (Å²) in [6.07, 6.45) is 0. The molecule has 0 aliphatic heterocycles. The summed E-state index contributed by atoms with van der Waals surface area (Å²) in [5.41, 5.74) is 0. The third-order valence-corrected chi connectivity index (χ3v) is 0. The first-order chi connectivity index (χ1) is 14.0. The number of hydrogen-bond donors (Lipinski definition) is 0. The van der Waals surface area contributed by atoms with Gasteiger partial charge in [0.05, 0.1) is 0 Å². The molecule has 0 saturated carbocycles. The normalized spacial score (nSPS) is 9.90. The van der Waals surface area contributed by atoms with Crippen molar-refractivity contribution in [1.82, 2.24) is 0 Å². The van der Waals surface area contributed by atoms with E-state index in [1.54, 1.807) is 0 Å². The van der Waals surface area contributed by atoms with Crippen molar-refractivity contribution >= 4 is 183 Å². The van der Waals surface area contributed by atoms with Crippen LogP contribution in [0.25, 0.3) is 0 Å². The maximum absolute atomic E-state index is 8.52. The van der Waals surface area contributed by atoms with Crippen LogP contribution in [-0.2, 0) is 107 Å². The molecule has 0 heterocycles. The van der Waals surface area contributed by atoms with E-state index in [1.807, 2.05) is 0 Å². The van der Waals surface area contributed by atoms with E-state index in [9.17, 15) is 0 Å². The SMILES string of the molecule is O=S(=O)([O-])[O-].O=S(=O)([O-])[O-].O=S(=O)([O-])[O-].O=S(=O)([O-])[O-].O=S(=O)([O-])[O-].O=S(=O)([O-])[O-].O=S(=O)([O-])[O-].[Al+3].[Al+3].[Ca+2].[Ca+2].[Mn+2].[Mn+2]. The fourth-order valence-corrected chi connectivity index (χ4v) is 0. The Bertz CT molecular complexity index is 937. The van der Waals surface area contributed by atoms with Crippen LogP contribution in [0.2, 0.25) is 0 Å². The van der Waals surface area contributed by atoms with Crippen molar-refractivity contribution in [2.75, 3.05) is 0 Å². The van der Waals surface area contributed by atoms with E-state index in [4.69, 9.17) is 123 Å². The molecule has 0 unspecified atom stereocenters. The Hall–Kier alpha value is 3.71. The van der Waals surface area contributed by atoms with Gasteiger partial charge < -0.3 is 63.7 Å². The molecular weight excluding hydrogens is 916 g/mol. The first-order valence-corrected chi connectivity index (χ1v) is 14.0. The molecule has 0 spiro atoms. The van der Waals surface area contributed by atoms with Crippen LogP contribution in [0, 0.1) is 0 Å². The second-order valence-corrected chi connectivity index (χ2v) is 8.57. The molecular formula is Al2Ca2Mn2O28S7. The van der Waals surface area contributed by atoms with E-state index in [-0.39, 0.29) is 144 Å². The van der Waals surface area contributed by atoms with Gasteiger partial charge in [0.2, 0.25) is 0 Å². The Labute approximate surface area is 334 Å². The Kier molecular flexibility index (Phi) is 79.1. The van der Waals surface area contributed by atoms with Crippen LogP contribution >= 0.6 is 0 Å². The van der Waals surface area contributed by atoms with Gasteiger partial charge in [-0.1, -0.05) is 0 Å². The van der Waals surface area contributed by atoms with Gasteiger partial charge in [0, 0.05) is 72.8 Å². The van der Waals surface area contributed by atoms with E-state index in [0.29, 0.717) is 0 Å². The maximum atomic E-state index is 8.52. The molecule has 0 aromatic rings. The summed E-state index contributed by atoms with van der Waals surface area (Å²) in [5, 5.41) is 0. The maximum Gasteiger partial charge on any atom is 3.00 e. The van der Waals surface area contributed by atoms with E-state index < -0.39 is 72.8 Å². The fourth-order valence-electron chi connectivity index (χ4n) is 0. The molecule has 0 aliphatic carbocycles. The summed E-state index contributed by atoms with van der Waals surface area (Å²) in [7, 11) is -36.2. The van der Waals surface area contributed by atoms with Crippen molar-refractivity contribution < 1.29 is 157 Å². The van der Waals surface area contributed by atoms with Crippen molar-refractivity contribution in [3.05, 3.63) is 0 Å². The minimum Gasteiger partial charge on any atom is -0.759 e. The molecule has 0 fully saturated rings. The van der Waals surface area contributed by atoms with E-state index in [0.717, 1.165) is 0 Å². The van der Waals surface area contributed by atoms with Gasteiger partial charge in [-0.2, -0.15) is 0 Å². The van der Waals surface area contributed by atoms with Crippen LogP contribution in [0.1, 0.15) is 0 Å². The summed E-state index contributed by atoms with van der Waals surface area (Å²) in [4.78, 5) is 0. The third-order valence-electron chi connectivity index (χ3n) is 0. The predicted molar refractivity (Wildman–Crippen MR) is 96.3 cm³/mol. The van der Waals surface area contributed by atoms with Crippen LogP contribution in [0.5, 0.6) is 0 Å². The summed E-state index contributed by atoms with van der Waals surface area (Å²) in [6.45, 7) is 0. The zero-order valence-corrected chi connectivity index (χ0v) is 32.4. The molecule has 0 atom stereocenters. The molecule has 0 bridgehead atoms. The van der Waals surface area contributed by atoms with Gasteiger partial charge in [0.15, 0.2) is 0 Å². The van der Waals surface area contributed by atoms with E-state index in [1.165, 1.54) is 0 Å². The average molecular weight is 916 g/mol. The first-order valence-electron chi connectivity index (χ1n) is 4.67. The van der Waals surface area contributed by atoms with Crippen LogP contribution in [0.3, 0.4) is 0 Å². The van der Waals surface area contributed by atoms with E-state index >= 15 is 0 Å². The summed E-state index contributed by atoms with van der Waals surface area (Å²) < 4.78 is 239. The van der Waals surface area contributed by atoms with Crippen molar-refractivity contribution in [3.63, 3.8) is 0 Å². The van der Waals surface area contributed by atoms with Gasteiger partial charge >= 0.3 is 144 Å². The van der Waals surface area contributed by atoms with Gasteiger partial charge in [-0.25, -0.2) is 0 Å². The number of hydrogen-bond acceptors (Lipinski definition) is 28. The van der Waals surface area contributed by atoms with Gasteiger partial charge in [0.25, 0.3) is 0 Å². The molecule has 2 radical (unpaired) electrons. The molecule has 0 aromatic heterocycles. The first kappa shape index (κ1) is 85.0. The van der Waals surface area contributed by atoms with Crippen molar-refractivity contribution in [1.29, 1.82) is 0 Å². The molecule has 0 N–H and O–H groups in total. The molecule has 0 aliphatic rings. The Balaban J connectivity index is -0.0000000198. The van der Waals surface area contributed by atoms with Gasteiger partial charge in [-0.05, 0) is 0 Å². The van der Waals surface area contributed by atoms with Crippen molar-refractivity contribution in [2.45, 2.75) is 0 Å². The van der Waals surface area contributed by atoms with Gasteiger partial charge in [-0.3, -0.25) is 58.9 Å². The largest absolute Gasteiger partial charge is 3.00 e. The van der Waals surface area contributed by atoms with Crippen LogP contribution in [0.4, 0.5) is 0 Å².